The average molecular weight is 334 g/mol. The van der Waals surface area contributed by atoms with Crippen LogP contribution in [-0.4, -0.2) is 21.7 Å². The predicted octanol–water partition coefficient (Wildman–Crippen LogP) is 3.72. The number of hydrogen-bond donors (Lipinski definition) is 1. The average Bonchev–Trinajstić information content (AvgIpc) is 3.12. The van der Waals surface area contributed by atoms with E-state index < -0.39 is 0 Å². The number of nitrogens with one attached hydrogen (secondary N) is 1. The largest absolute Gasteiger partial charge is 0.321 e. The lowest BCUT2D eigenvalue weighted by atomic mass is 10.2. The molecule has 118 valence electrons. The Bertz CT molecular complexity index is 909. The van der Waals surface area contributed by atoms with Crippen molar-refractivity contribution in [1.82, 2.24) is 9.55 Å². The van der Waals surface area contributed by atoms with Crippen LogP contribution in [0.3, 0.4) is 0 Å². The lowest BCUT2D eigenvalue weighted by Gasteiger charge is -2.04. The predicted molar refractivity (Wildman–Crippen MR) is 94.5 cm³/mol. The van der Waals surface area contributed by atoms with Crippen molar-refractivity contribution < 1.29 is 4.79 Å². The van der Waals surface area contributed by atoms with Crippen LogP contribution in [0.15, 0.2) is 66.0 Å². The highest BCUT2D eigenvalue weighted by Gasteiger charge is 2.10. The van der Waals surface area contributed by atoms with E-state index in [9.17, 15) is 4.79 Å². The first-order valence-corrected chi connectivity index (χ1v) is 8.42. The molecule has 1 N–H and O–H groups in total. The van der Waals surface area contributed by atoms with E-state index in [2.05, 4.69) is 16.4 Å². The van der Waals surface area contributed by atoms with Crippen molar-refractivity contribution in [2.75, 3.05) is 11.6 Å². The van der Waals surface area contributed by atoms with Gasteiger partial charge in [-0.3, -0.25) is 4.79 Å². The van der Waals surface area contributed by atoms with Crippen molar-refractivity contribution in [3.8, 4) is 11.8 Å². The normalized spacial score (nSPS) is 10.2. The molecule has 3 aromatic rings. The number of carbonyl (C=O) groups excluding carboxylic acids is 1. The molecule has 0 unspecified atom stereocenters. The van der Waals surface area contributed by atoms with Crippen LogP contribution in [-0.2, 0) is 0 Å². The smallest absolute Gasteiger partial charge is 0.275 e. The first-order valence-electron chi connectivity index (χ1n) is 7.19. The summed E-state index contributed by atoms with van der Waals surface area (Å²) in [5.41, 5.74) is 2.49. The van der Waals surface area contributed by atoms with E-state index in [0.717, 1.165) is 16.3 Å². The molecule has 0 spiro atoms. The van der Waals surface area contributed by atoms with Gasteiger partial charge in [-0.05, 0) is 48.7 Å². The maximum Gasteiger partial charge on any atom is 0.275 e. The number of rotatable bonds is 4. The second-order valence-electron chi connectivity index (χ2n) is 5.01. The molecule has 1 amide bonds. The number of nitriles is 1. The summed E-state index contributed by atoms with van der Waals surface area (Å²) < 4.78 is 1.74. The molecule has 24 heavy (non-hydrogen) atoms. The molecule has 2 aromatic carbocycles. The highest BCUT2D eigenvalue weighted by Crippen LogP contribution is 2.19. The molecule has 0 aliphatic heterocycles. The molecule has 0 aliphatic carbocycles. The molecule has 0 atom stereocenters. The molecular formula is C18H14N4OS. The number of carbonyl (C=O) groups is 1. The lowest BCUT2D eigenvalue weighted by Crippen LogP contribution is -2.12. The van der Waals surface area contributed by atoms with Gasteiger partial charge in [-0.2, -0.15) is 5.26 Å². The highest BCUT2D eigenvalue weighted by molar-refractivity contribution is 7.98. The Hall–Kier alpha value is -3.04. The molecule has 0 bridgehead atoms. The molecule has 6 heteroatoms. The molecule has 1 heterocycles. The van der Waals surface area contributed by atoms with Crippen LogP contribution in [0.4, 0.5) is 5.69 Å². The first kappa shape index (κ1) is 15.8. The number of anilines is 1. The second-order valence-corrected chi connectivity index (χ2v) is 5.89. The summed E-state index contributed by atoms with van der Waals surface area (Å²) >= 11 is 1.62. The van der Waals surface area contributed by atoms with Crippen molar-refractivity contribution in [3.05, 3.63) is 72.3 Å². The quantitative estimate of drug-likeness (QED) is 0.738. The summed E-state index contributed by atoms with van der Waals surface area (Å²) in [6.45, 7) is 0. The summed E-state index contributed by atoms with van der Waals surface area (Å²) in [7, 11) is 0. The number of imidazole rings is 1. The Kier molecular flexibility index (Phi) is 4.64. The van der Waals surface area contributed by atoms with Crippen molar-refractivity contribution in [1.29, 1.82) is 5.26 Å². The fourth-order valence-electron chi connectivity index (χ4n) is 2.19. The van der Waals surface area contributed by atoms with Gasteiger partial charge in [-0.1, -0.05) is 6.07 Å². The Morgan fingerprint density at radius 1 is 1.25 bits per heavy atom. The number of hydrogen-bond acceptors (Lipinski definition) is 4. The standard InChI is InChI=1S/C18H14N4OS/c1-24-16-4-2-3-14(9-16)21-18(23)17-11-22(12-20-17)15-7-5-13(10-19)6-8-15/h2-9,11-12H,1H3,(H,21,23). The van der Waals surface area contributed by atoms with Gasteiger partial charge in [0.25, 0.3) is 5.91 Å². The van der Waals surface area contributed by atoms with Gasteiger partial charge < -0.3 is 9.88 Å². The van der Waals surface area contributed by atoms with Crippen molar-refractivity contribution in [2.24, 2.45) is 0 Å². The molecule has 5 nitrogen and oxygen atoms in total. The fourth-order valence-corrected chi connectivity index (χ4v) is 2.64. The molecular weight excluding hydrogens is 320 g/mol. The molecule has 3 rings (SSSR count). The van der Waals surface area contributed by atoms with E-state index in [-0.39, 0.29) is 5.91 Å². The van der Waals surface area contributed by atoms with E-state index in [4.69, 9.17) is 5.26 Å². The highest BCUT2D eigenvalue weighted by atomic mass is 32.2. The van der Waals surface area contributed by atoms with Crippen LogP contribution in [0, 0.1) is 11.3 Å². The zero-order chi connectivity index (χ0) is 16.9. The van der Waals surface area contributed by atoms with Crippen LogP contribution >= 0.6 is 11.8 Å². The number of nitrogens with zero attached hydrogens (tertiary/aromatic N) is 3. The van der Waals surface area contributed by atoms with Crippen LogP contribution < -0.4 is 5.32 Å². The number of amides is 1. The Balaban J connectivity index is 1.76. The van der Waals surface area contributed by atoms with E-state index in [1.807, 2.05) is 42.7 Å². The summed E-state index contributed by atoms with van der Waals surface area (Å²) in [5.74, 6) is -0.263. The summed E-state index contributed by atoms with van der Waals surface area (Å²) in [5, 5.41) is 11.7. The third-order valence-corrected chi connectivity index (χ3v) is 4.16. The van der Waals surface area contributed by atoms with Gasteiger partial charge >= 0.3 is 0 Å². The van der Waals surface area contributed by atoms with E-state index in [1.54, 1.807) is 41.0 Å². The molecule has 0 fully saturated rings. The minimum atomic E-state index is -0.263. The van der Waals surface area contributed by atoms with Gasteiger partial charge in [0, 0.05) is 22.5 Å². The van der Waals surface area contributed by atoms with E-state index in [0.29, 0.717) is 11.3 Å². The SMILES string of the molecule is CSc1cccc(NC(=O)c2cn(-c3ccc(C#N)cc3)cn2)c1. The van der Waals surface area contributed by atoms with E-state index in [1.165, 1.54) is 0 Å². The fraction of sp³-hybridized carbons (Fsp3) is 0.0556. The minimum Gasteiger partial charge on any atom is -0.321 e. The zero-order valence-corrected chi connectivity index (χ0v) is 13.7. The maximum atomic E-state index is 12.3. The van der Waals surface area contributed by atoms with Crippen LogP contribution in [0.25, 0.3) is 5.69 Å². The molecule has 0 saturated heterocycles. The van der Waals surface area contributed by atoms with Crippen LogP contribution in [0.1, 0.15) is 16.1 Å². The van der Waals surface area contributed by atoms with Gasteiger partial charge in [0.2, 0.25) is 0 Å². The lowest BCUT2D eigenvalue weighted by molar-refractivity contribution is 0.102. The third-order valence-electron chi connectivity index (χ3n) is 3.44. The van der Waals surface area contributed by atoms with Crippen molar-refractivity contribution >= 4 is 23.4 Å². The Morgan fingerprint density at radius 3 is 2.75 bits per heavy atom. The monoisotopic (exact) mass is 334 g/mol. The Labute approximate surface area is 144 Å². The van der Waals surface area contributed by atoms with Crippen LogP contribution in [0.5, 0.6) is 0 Å². The van der Waals surface area contributed by atoms with Gasteiger partial charge in [0.15, 0.2) is 0 Å². The van der Waals surface area contributed by atoms with Gasteiger partial charge in [0.1, 0.15) is 12.0 Å². The molecule has 0 aliphatic rings. The number of thioether (sulfide) groups is 1. The summed E-state index contributed by atoms with van der Waals surface area (Å²) in [4.78, 5) is 17.6. The topological polar surface area (TPSA) is 70.7 Å². The minimum absolute atomic E-state index is 0.263. The maximum absolute atomic E-state index is 12.3. The zero-order valence-electron chi connectivity index (χ0n) is 12.9. The van der Waals surface area contributed by atoms with Gasteiger partial charge in [-0.25, -0.2) is 4.98 Å². The van der Waals surface area contributed by atoms with Crippen LogP contribution in [0.2, 0.25) is 0 Å². The third kappa shape index (κ3) is 3.47. The van der Waals surface area contributed by atoms with Gasteiger partial charge in [0.05, 0.1) is 11.6 Å². The first-order chi connectivity index (χ1) is 11.7. The summed E-state index contributed by atoms with van der Waals surface area (Å²) in [6, 6.07) is 16.8. The number of benzene rings is 2. The Morgan fingerprint density at radius 2 is 2.04 bits per heavy atom. The molecule has 0 radical (unpaired) electrons. The number of aromatic nitrogens is 2. The second kappa shape index (κ2) is 7.02. The van der Waals surface area contributed by atoms with Crippen molar-refractivity contribution in [2.45, 2.75) is 4.90 Å². The van der Waals surface area contributed by atoms with Gasteiger partial charge in [-0.15, -0.1) is 11.8 Å². The molecule has 0 saturated carbocycles. The summed E-state index contributed by atoms with van der Waals surface area (Å²) in [6.07, 6.45) is 5.23. The van der Waals surface area contributed by atoms with E-state index >= 15 is 0 Å². The molecule has 1 aromatic heterocycles. The van der Waals surface area contributed by atoms with Crippen molar-refractivity contribution in [3.63, 3.8) is 0 Å².